The maximum atomic E-state index is 0. The van der Waals surface area contributed by atoms with Crippen molar-refractivity contribution in [2.75, 3.05) is 0 Å². The molecule has 0 aromatic carbocycles. The van der Waals surface area contributed by atoms with Crippen LogP contribution in [0, 0.1) is 0 Å². The van der Waals surface area contributed by atoms with Crippen molar-refractivity contribution in [1.29, 1.82) is 0 Å². The molecule has 4 heavy (non-hydrogen) atoms. The summed E-state index contributed by atoms with van der Waals surface area (Å²) in [5, 5.41) is 0. The van der Waals surface area contributed by atoms with E-state index in [-0.39, 0.29) is 86.5 Å². The van der Waals surface area contributed by atoms with Gasteiger partial charge in [0.05, 0.1) is 0 Å². The van der Waals surface area contributed by atoms with Crippen LogP contribution in [0.15, 0.2) is 0 Å². The van der Waals surface area contributed by atoms with Crippen molar-refractivity contribution in [1.82, 2.24) is 0 Å². The molecule has 0 spiro atoms. The van der Waals surface area contributed by atoms with Gasteiger partial charge in [-0.1, -0.05) is 0 Å². The van der Waals surface area contributed by atoms with E-state index in [1.54, 1.807) is 0 Å². The van der Waals surface area contributed by atoms with Gasteiger partial charge >= 0.3 is 37.7 Å². The van der Waals surface area contributed by atoms with Crippen LogP contribution in [0.25, 0.3) is 0 Å². The summed E-state index contributed by atoms with van der Waals surface area (Å²) in [6, 6.07) is 0. The fourth-order valence-corrected chi connectivity index (χ4v) is 0. The van der Waals surface area contributed by atoms with Crippen LogP contribution >= 0.6 is 24.8 Å². The molecule has 0 amide bonds. The van der Waals surface area contributed by atoms with Crippen LogP contribution in [0.5, 0.6) is 0 Å². The van der Waals surface area contributed by atoms with Crippen molar-refractivity contribution in [3.05, 3.63) is 0 Å². The summed E-state index contributed by atoms with van der Waals surface area (Å²) in [5.74, 6) is 0. The van der Waals surface area contributed by atoms with E-state index < -0.39 is 0 Å². The molecule has 0 bridgehead atoms. The van der Waals surface area contributed by atoms with Crippen molar-refractivity contribution >= 4 is 62.6 Å². The third-order valence-electron chi connectivity index (χ3n) is 0. The van der Waals surface area contributed by atoms with Gasteiger partial charge in [0.25, 0.3) is 0 Å². The zero-order valence-corrected chi connectivity index (χ0v) is 7.95. The second-order valence-corrected chi connectivity index (χ2v) is 0. The molecule has 0 aromatic heterocycles. The van der Waals surface area contributed by atoms with Crippen molar-refractivity contribution in [3.8, 4) is 0 Å². The van der Waals surface area contributed by atoms with E-state index in [0.29, 0.717) is 0 Å². The topological polar surface area (TPSA) is 0 Å². The molecule has 0 fully saturated rings. The Morgan fingerprint density at radius 3 is 1.00 bits per heavy atom. The van der Waals surface area contributed by atoms with E-state index in [1.165, 1.54) is 0 Å². The van der Waals surface area contributed by atoms with E-state index in [1.807, 2.05) is 0 Å². The fourth-order valence-electron chi connectivity index (χ4n) is 0. The minimum absolute atomic E-state index is 0. The molecule has 0 aliphatic heterocycles. The zero-order valence-electron chi connectivity index (χ0n) is 3.84. The van der Waals surface area contributed by atoms with Gasteiger partial charge in [-0.25, -0.2) is 0 Å². The average Bonchev–Trinajstić information content (AvgIpc) is 0. The maximum Gasteiger partial charge on any atom is 2.00 e. The molecule has 0 aliphatic rings. The van der Waals surface area contributed by atoms with Crippen molar-refractivity contribution in [3.63, 3.8) is 0 Å². The smallest absolute Gasteiger partial charge is 1.00 e. The molecule has 0 rings (SSSR count). The molecule has 0 radical (unpaired) electrons. The molecule has 30 valence electrons. The van der Waals surface area contributed by atoms with Crippen LogP contribution in [0.1, 0.15) is 2.85 Å². The monoisotopic (exact) mass is 309 g/mol. The molecule has 0 saturated heterocycles. The Hall–Kier alpha value is 2.53. The molecular formula is H4CaCl2Pt. The second kappa shape index (κ2) is 17.7. The number of halogens is 2. The van der Waals surface area contributed by atoms with Crippen LogP contribution < -0.4 is 0 Å². The third-order valence-corrected chi connectivity index (χ3v) is 0. The molecule has 0 N–H and O–H groups in total. The van der Waals surface area contributed by atoms with Gasteiger partial charge in [0.1, 0.15) is 0 Å². The Balaban J connectivity index is 0. The Bertz CT molecular complexity index is 11.5. The van der Waals surface area contributed by atoms with Crippen molar-refractivity contribution < 1.29 is 23.9 Å². The maximum absolute atomic E-state index is 0. The summed E-state index contributed by atoms with van der Waals surface area (Å²) >= 11 is 0. The van der Waals surface area contributed by atoms with Crippen molar-refractivity contribution in [2.45, 2.75) is 0 Å². The van der Waals surface area contributed by atoms with Gasteiger partial charge in [-0.15, -0.1) is 24.8 Å². The largest absolute Gasteiger partial charge is 2.00 e. The van der Waals surface area contributed by atoms with Gasteiger partial charge < -0.3 is 2.85 Å². The Morgan fingerprint density at radius 2 is 1.00 bits per heavy atom. The first-order valence-electron chi connectivity index (χ1n) is 0. The minimum Gasteiger partial charge on any atom is -1.00 e. The number of hydrogen-bond donors (Lipinski definition) is 0. The standard InChI is InChI=1S/Ca.2ClH.Pt.2H/h;2*1H;;;/q+2;;;;2*-1. The van der Waals surface area contributed by atoms with Crippen molar-refractivity contribution in [2.24, 2.45) is 0 Å². The van der Waals surface area contributed by atoms with E-state index in [2.05, 4.69) is 0 Å². The predicted molar refractivity (Wildman–Crippen MR) is 22.5 cm³/mol. The van der Waals surface area contributed by atoms with Gasteiger partial charge in [-0.05, 0) is 0 Å². The Morgan fingerprint density at radius 1 is 1.00 bits per heavy atom. The van der Waals surface area contributed by atoms with Crippen LogP contribution in [0.2, 0.25) is 0 Å². The van der Waals surface area contributed by atoms with Gasteiger partial charge in [0.2, 0.25) is 0 Å². The molecule has 0 atom stereocenters. The normalized spacial score (nSPS) is 0. The summed E-state index contributed by atoms with van der Waals surface area (Å²) in [6.45, 7) is 0. The van der Waals surface area contributed by atoms with E-state index in [4.69, 9.17) is 0 Å². The van der Waals surface area contributed by atoms with E-state index >= 15 is 0 Å². The summed E-state index contributed by atoms with van der Waals surface area (Å²) < 4.78 is 0. The SMILES string of the molecule is Cl.Cl.[Ca+2].[H-].[H-].[Pt]. The quantitative estimate of drug-likeness (QED) is 0.578. The number of hydrogen-bond acceptors (Lipinski definition) is 0. The average molecular weight is 310 g/mol. The first kappa shape index (κ1) is 31.2. The van der Waals surface area contributed by atoms with Crippen LogP contribution in [0.3, 0.4) is 0 Å². The summed E-state index contributed by atoms with van der Waals surface area (Å²) in [5.41, 5.74) is 0. The molecular weight excluding hydrogens is 306 g/mol. The molecule has 4 heteroatoms. The third kappa shape index (κ3) is 8.82. The van der Waals surface area contributed by atoms with E-state index in [0.717, 1.165) is 0 Å². The zero-order chi connectivity index (χ0) is 0. The van der Waals surface area contributed by atoms with Crippen LogP contribution in [0.4, 0.5) is 0 Å². The predicted octanol–water partition coefficient (Wildman–Crippen LogP) is 0.685. The molecule has 0 saturated carbocycles. The summed E-state index contributed by atoms with van der Waals surface area (Å²) in [7, 11) is 0. The second-order valence-electron chi connectivity index (χ2n) is 0. The first-order chi connectivity index (χ1) is 0. The summed E-state index contributed by atoms with van der Waals surface area (Å²) in [6.07, 6.45) is 0. The Kier molecular flexibility index (Phi) is 138. The van der Waals surface area contributed by atoms with Crippen LogP contribution in [-0.4, -0.2) is 37.7 Å². The van der Waals surface area contributed by atoms with Gasteiger partial charge in [0.15, 0.2) is 0 Å². The van der Waals surface area contributed by atoms with Gasteiger partial charge in [0, 0.05) is 21.1 Å². The van der Waals surface area contributed by atoms with Gasteiger partial charge in [-0.2, -0.15) is 0 Å². The summed E-state index contributed by atoms with van der Waals surface area (Å²) in [4.78, 5) is 0. The molecule has 0 unspecified atom stereocenters. The first-order valence-corrected chi connectivity index (χ1v) is 0. The van der Waals surface area contributed by atoms with Crippen LogP contribution in [-0.2, 0) is 21.1 Å². The number of rotatable bonds is 0. The minimum atomic E-state index is 0. The molecule has 0 heterocycles. The molecule has 0 nitrogen and oxygen atoms in total. The van der Waals surface area contributed by atoms with E-state index in [9.17, 15) is 0 Å². The molecule has 0 aliphatic carbocycles. The van der Waals surface area contributed by atoms with Gasteiger partial charge in [-0.3, -0.25) is 0 Å². The molecule has 0 aromatic rings. The fraction of sp³-hybridized carbons (Fsp3) is 0. The Labute approximate surface area is 85.1 Å².